The van der Waals surface area contributed by atoms with Crippen molar-refractivity contribution in [1.82, 2.24) is 9.88 Å². The third-order valence-corrected chi connectivity index (χ3v) is 4.63. The van der Waals surface area contributed by atoms with Crippen LogP contribution in [0.5, 0.6) is 0 Å². The van der Waals surface area contributed by atoms with Gasteiger partial charge in [0.1, 0.15) is 0 Å². The Balaban J connectivity index is 1.90. The lowest BCUT2D eigenvalue weighted by Crippen LogP contribution is -2.18. The fourth-order valence-corrected chi connectivity index (χ4v) is 3.70. The highest BCUT2D eigenvalue weighted by molar-refractivity contribution is 7.09. The summed E-state index contributed by atoms with van der Waals surface area (Å²) in [6.07, 6.45) is 2.46. The van der Waals surface area contributed by atoms with Gasteiger partial charge in [-0.1, -0.05) is 23.5 Å². The first-order valence-corrected chi connectivity index (χ1v) is 8.26. The third kappa shape index (κ3) is 3.45. The van der Waals surface area contributed by atoms with Crippen LogP contribution in [-0.4, -0.2) is 28.9 Å². The molecule has 1 aromatic heterocycles. The third-order valence-electron chi connectivity index (χ3n) is 3.76. The van der Waals surface area contributed by atoms with E-state index in [1.807, 2.05) is 24.3 Å². The predicted octanol–water partition coefficient (Wildman–Crippen LogP) is 2.66. The van der Waals surface area contributed by atoms with E-state index in [0.29, 0.717) is 0 Å². The summed E-state index contributed by atoms with van der Waals surface area (Å²) in [7, 11) is 0. The van der Waals surface area contributed by atoms with Crippen molar-refractivity contribution in [3.8, 4) is 11.3 Å². The molecule has 1 fully saturated rings. The summed E-state index contributed by atoms with van der Waals surface area (Å²) < 4.78 is 0. The Labute approximate surface area is 133 Å². The Morgan fingerprint density at radius 2 is 2.14 bits per heavy atom. The summed E-state index contributed by atoms with van der Waals surface area (Å²) in [5.74, 6) is -0.103. The Hall–Kier alpha value is -1.92. The van der Waals surface area contributed by atoms with E-state index in [1.54, 1.807) is 0 Å². The Morgan fingerprint density at radius 3 is 2.86 bits per heavy atom. The van der Waals surface area contributed by atoms with Gasteiger partial charge in [-0.3, -0.25) is 14.5 Å². The first kappa shape index (κ1) is 15.0. The lowest BCUT2D eigenvalue weighted by Gasteiger charge is -2.14. The molecule has 2 aromatic rings. The minimum atomic E-state index is -0.103. The summed E-state index contributed by atoms with van der Waals surface area (Å²) in [4.78, 5) is 29.3. The summed E-state index contributed by atoms with van der Waals surface area (Å²) in [5.41, 5.74) is 2.54. The zero-order valence-electron chi connectivity index (χ0n) is 12.5. The van der Waals surface area contributed by atoms with Crippen LogP contribution < -0.4 is 10.2 Å². The largest absolute Gasteiger partial charge is 0.326 e. The number of hydrogen-bond donors (Lipinski definition) is 2. The van der Waals surface area contributed by atoms with Crippen molar-refractivity contribution in [2.75, 3.05) is 18.4 Å². The number of nitrogens with one attached hydrogen (secondary N) is 2. The number of likely N-dealkylation sites (tertiary alicyclic amines) is 1. The molecule has 3 rings (SSSR count). The van der Waals surface area contributed by atoms with Crippen molar-refractivity contribution in [2.24, 2.45) is 0 Å². The lowest BCUT2D eigenvalue weighted by molar-refractivity contribution is -0.114. The van der Waals surface area contributed by atoms with Gasteiger partial charge in [-0.2, -0.15) is 0 Å². The standard InChI is InChI=1S/C16H19N3O2S/c1-11(20)17-13-6-4-5-12(9-13)15-14(22-16(21)18-15)10-19-7-2-3-8-19/h4-6,9H,2-3,7-8,10H2,1H3,(H,17,20)(H,18,21). The van der Waals surface area contributed by atoms with Crippen molar-refractivity contribution in [1.29, 1.82) is 0 Å². The van der Waals surface area contributed by atoms with Crippen LogP contribution in [0.3, 0.4) is 0 Å². The van der Waals surface area contributed by atoms with E-state index >= 15 is 0 Å². The van der Waals surface area contributed by atoms with Crippen LogP contribution in [0.4, 0.5) is 5.69 Å². The Kier molecular flexibility index (Phi) is 4.40. The van der Waals surface area contributed by atoms with E-state index in [9.17, 15) is 9.59 Å². The molecule has 1 saturated heterocycles. The molecule has 6 heteroatoms. The number of amides is 1. The maximum absolute atomic E-state index is 11.8. The number of carbonyl (C=O) groups is 1. The van der Waals surface area contributed by atoms with Crippen LogP contribution in [0.1, 0.15) is 24.6 Å². The topological polar surface area (TPSA) is 65.2 Å². The zero-order valence-corrected chi connectivity index (χ0v) is 13.3. The SMILES string of the molecule is CC(=O)Nc1cccc(-c2[nH]c(=O)sc2CN2CCCC2)c1. The van der Waals surface area contributed by atoms with Gasteiger partial charge in [0, 0.05) is 29.6 Å². The van der Waals surface area contributed by atoms with Gasteiger partial charge >= 0.3 is 4.87 Å². The molecule has 1 aromatic carbocycles. The monoisotopic (exact) mass is 317 g/mol. The molecular formula is C16H19N3O2S. The van der Waals surface area contributed by atoms with Crippen LogP contribution >= 0.6 is 11.3 Å². The summed E-state index contributed by atoms with van der Waals surface area (Å²) in [6, 6.07) is 7.58. The van der Waals surface area contributed by atoms with Crippen molar-refractivity contribution >= 4 is 22.9 Å². The summed E-state index contributed by atoms with van der Waals surface area (Å²) >= 11 is 1.28. The molecule has 2 heterocycles. The van der Waals surface area contributed by atoms with E-state index in [0.717, 1.165) is 41.5 Å². The zero-order chi connectivity index (χ0) is 15.5. The van der Waals surface area contributed by atoms with Gasteiger partial charge in [0.25, 0.3) is 0 Å². The van der Waals surface area contributed by atoms with Crippen molar-refractivity contribution < 1.29 is 4.79 Å². The number of carbonyl (C=O) groups excluding carboxylic acids is 1. The highest BCUT2D eigenvalue weighted by Gasteiger charge is 2.17. The molecule has 1 amide bonds. The highest BCUT2D eigenvalue weighted by Crippen LogP contribution is 2.27. The molecule has 0 atom stereocenters. The van der Waals surface area contributed by atoms with Gasteiger partial charge < -0.3 is 10.3 Å². The van der Waals surface area contributed by atoms with Gasteiger partial charge in [0.05, 0.1) is 5.69 Å². The Morgan fingerprint density at radius 1 is 1.36 bits per heavy atom. The average molecular weight is 317 g/mol. The molecule has 0 saturated carbocycles. The van der Waals surface area contributed by atoms with E-state index in [-0.39, 0.29) is 10.8 Å². The van der Waals surface area contributed by atoms with Gasteiger partial charge in [-0.15, -0.1) is 0 Å². The molecule has 0 aliphatic carbocycles. The maximum Gasteiger partial charge on any atom is 0.305 e. The smallest absolute Gasteiger partial charge is 0.305 e. The number of rotatable bonds is 4. The van der Waals surface area contributed by atoms with Crippen molar-refractivity contribution in [3.05, 3.63) is 38.8 Å². The molecule has 0 bridgehead atoms. The summed E-state index contributed by atoms with van der Waals surface area (Å²) in [5, 5.41) is 2.78. The van der Waals surface area contributed by atoms with Gasteiger partial charge in [0.15, 0.2) is 0 Å². The number of aromatic amines is 1. The number of thiazole rings is 1. The number of hydrogen-bond acceptors (Lipinski definition) is 4. The van der Waals surface area contributed by atoms with Gasteiger partial charge in [-0.05, 0) is 38.1 Å². The maximum atomic E-state index is 11.8. The van der Waals surface area contributed by atoms with Crippen LogP contribution in [0.2, 0.25) is 0 Å². The van der Waals surface area contributed by atoms with Crippen LogP contribution in [0.25, 0.3) is 11.3 Å². The van der Waals surface area contributed by atoms with E-state index < -0.39 is 0 Å². The number of benzene rings is 1. The highest BCUT2D eigenvalue weighted by atomic mass is 32.1. The first-order valence-electron chi connectivity index (χ1n) is 7.44. The molecule has 1 aliphatic heterocycles. The van der Waals surface area contributed by atoms with Crippen LogP contribution in [0, 0.1) is 0 Å². The van der Waals surface area contributed by atoms with Gasteiger partial charge in [0.2, 0.25) is 5.91 Å². The second-order valence-corrected chi connectivity index (χ2v) is 6.63. The van der Waals surface area contributed by atoms with Crippen LogP contribution in [0.15, 0.2) is 29.1 Å². The predicted molar refractivity (Wildman–Crippen MR) is 89.2 cm³/mol. The number of anilines is 1. The summed E-state index contributed by atoms with van der Waals surface area (Å²) in [6.45, 7) is 4.48. The molecule has 0 radical (unpaired) electrons. The van der Waals surface area contributed by atoms with E-state index in [2.05, 4.69) is 15.2 Å². The van der Waals surface area contributed by atoms with Crippen LogP contribution in [-0.2, 0) is 11.3 Å². The lowest BCUT2D eigenvalue weighted by atomic mass is 10.1. The second-order valence-electron chi connectivity index (χ2n) is 5.56. The number of nitrogens with zero attached hydrogens (tertiary/aromatic N) is 1. The second kappa shape index (κ2) is 6.46. The fourth-order valence-electron chi connectivity index (χ4n) is 2.80. The molecular weight excluding hydrogens is 298 g/mol. The molecule has 5 nitrogen and oxygen atoms in total. The van der Waals surface area contributed by atoms with Gasteiger partial charge in [-0.25, -0.2) is 0 Å². The fraction of sp³-hybridized carbons (Fsp3) is 0.375. The van der Waals surface area contributed by atoms with Crippen molar-refractivity contribution in [2.45, 2.75) is 26.3 Å². The van der Waals surface area contributed by atoms with E-state index in [4.69, 9.17) is 0 Å². The quantitative estimate of drug-likeness (QED) is 0.911. The molecule has 116 valence electrons. The molecule has 22 heavy (non-hydrogen) atoms. The Bertz CT molecular complexity index is 729. The van der Waals surface area contributed by atoms with Crippen molar-refractivity contribution in [3.63, 3.8) is 0 Å². The molecule has 2 N–H and O–H groups in total. The minimum absolute atomic E-state index is 0.0332. The normalized spacial score (nSPS) is 15.1. The molecule has 1 aliphatic rings. The molecule has 0 unspecified atom stereocenters. The minimum Gasteiger partial charge on any atom is -0.326 e. The number of H-pyrrole nitrogens is 1. The number of aromatic nitrogens is 1. The average Bonchev–Trinajstić information content (AvgIpc) is 3.09. The first-order chi connectivity index (χ1) is 10.6. The van der Waals surface area contributed by atoms with E-state index in [1.165, 1.54) is 31.1 Å². The molecule has 0 spiro atoms.